The van der Waals surface area contributed by atoms with Gasteiger partial charge in [0.2, 0.25) is 5.88 Å². The Kier molecular flexibility index (Phi) is 23.0. The highest BCUT2D eigenvalue weighted by Gasteiger charge is 2.14. The summed E-state index contributed by atoms with van der Waals surface area (Å²) in [5, 5.41) is 2.62. The maximum atomic E-state index is 12.7. The van der Waals surface area contributed by atoms with E-state index in [1.54, 1.807) is 68.1 Å². The van der Waals surface area contributed by atoms with E-state index >= 15 is 0 Å². The van der Waals surface area contributed by atoms with Crippen molar-refractivity contribution in [2.24, 2.45) is 9.98 Å². The number of unbranched alkanes of at least 4 members (excludes halogenated alkanes) is 9. The Morgan fingerprint density at radius 3 is 1.42 bits per heavy atom. The average Bonchev–Trinajstić information content (AvgIpc) is 3.43. The minimum Gasteiger partial charge on any atom is -0.494 e. The van der Waals surface area contributed by atoms with E-state index in [1.807, 2.05) is 60.7 Å². The van der Waals surface area contributed by atoms with Gasteiger partial charge in [-0.25, -0.2) is 24.2 Å². The summed E-state index contributed by atoms with van der Waals surface area (Å²) < 4.78 is 38.6. The Hall–Kier alpha value is -7.97. The van der Waals surface area contributed by atoms with Gasteiger partial charge in [-0.15, -0.1) is 0 Å². The maximum absolute atomic E-state index is 12.7. The SMILES string of the molecule is C=CC(=O)OCCCCCCOC(=O)c1ccc(N=Cc2ccc3c(c2)nc(Oc2ccc(OCCCCCCOC(=O)C=C)cc2)c2cc(C=Nc4ccc(C(=O)OCCCCCCOC)cc4)ccc23)cc1. The maximum Gasteiger partial charge on any atom is 0.338 e. The van der Waals surface area contributed by atoms with Gasteiger partial charge >= 0.3 is 23.9 Å². The van der Waals surface area contributed by atoms with Crippen molar-refractivity contribution in [3.63, 3.8) is 0 Å². The molecule has 14 heteroatoms. The van der Waals surface area contributed by atoms with Gasteiger partial charge < -0.3 is 33.2 Å². The summed E-state index contributed by atoms with van der Waals surface area (Å²) in [7, 11) is 1.70. The van der Waals surface area contributed by atoms with Crippen molar-refractivity contribution < 1.29 is 52.3 Å². The molecule has 0 radical (unpaired) electrons. The number of benzene rings is 5. The quantitative estimate of drug-likeness (QED) is 0.00980. The van der Waals surface area contributed by atoms with Crippen molar-refractivity contribution in [1.82, 2.24) is 4.98 Å². The molecule has 1 aromatic heterocycles. The standard InChI is InChI=1S/C60H65N3O11/c1-4-56(64)70-36-14-9-8-13-35-69-50-28-30-51(31-29-50)74-58-54-40-44(42-61-48-24-20-46(21-25-48)59(66)72-38-16-7-6-12-34-68-3)18-32-52(54)53-33-19-45(41-55(53)63-58)43-62-49-26-22-47(23-27-49)60(67)73-39-17-11-10-15-37-71-57(65)5-2/h4-5,18-33,40-43H,1-2,6-17,34-39H2,3H3. The first-order valence-corrected chi connectivity index (χ1v) is 25.2. The highest BCUT2D eigenvalue weighted by molar-refractivity contribution is 6.10. The summed E-state index contributed by atoms with van der Waals surface area (Å²) in [6.45, 7) is 9.49. The predicted octanol–water partition coefficient (Wildman–Crippen LogP) is 13.2. The minimum atomic E-state index is -0.427. The van der Waals surface area contributed by atoms with Crippen LogP contribution in [0.25, 0.3) is 21.7 Å². The van der Waals surface area contributed by atoms with Crippen LogP contribution in [0.15, 0.2) is 144 Å². The normalized spacial score (nSPS) is 11.2. The van der Waals surface area contributed by atoms with Crippen molar-refractivity contribution in [2.75, 3.05) is 46.8 Å². The Morgan fingerprint density at radius 2 is 0.919 bits per heavy atom. The lowest BCUT2D eigenvalue weighted by molar-refractivity contribution is -0.138. The molecule has 14 nitrogen and oxygen atoms in total. The van der Waals surface area contributed by atoms with E-state index in [1.165, 1.54) is 6.08 Å². The second-order valence-electron chi connectivity index (χ2n) is 17.3. The van der Waals surface area contributed by atoms with Gasteiger partial charge in [-0.2, -0.15) is 0 Å². The number of esters is 4. The summed E-state index contributed by atoms with van der Waals surface area (Å²) in [6.07, 6.45) is 16.3. The van der Waals surface area contributed by atoms with Crippen molar-refractivity contribution in [1.29, 1.82) is 0 Å². The zero-order chi connectivity index (χ0) is 52.2. The fourth-order valence-electron chi connectivity index (χ4n) is 7.60. The van der Waals surface area contributed by atoms with Gasteiger partial charge in [0.05, 0.1) is 61.1 Å². The number of hydrogen-bond donors (Lipinski definition) is 0. The largest absolute Gasteiger partial charge is 0.494 e. The van der Waals surface area contributed by atoms with E-state index < -0.39 is 17.9 Å². The first-order chi connectivity index (χ1) is 36.2. The van der Waals surface area contributed by atoms with Gasteiger partial charge in [0.1, 0.15) is 11.5 Å². The number of fused-ring (bicyclic) bond motifs is 3. The number of carbonyl (C=O) groups excluding carboxylic acids is 4. The van der Waals surface area contributed by atoms with E-state index in [-0.39, 0.29) is 5.97 Å². The monoisotopic (exact) mass is 1000 g/mol. The molecule has 0 aliphatic carbocycles. The van der Waals surface area contributed by atoms with Gasteiger partial charge in [-0.3, -0.25) is 9.98 Å². The van der Waals surface area contributed by atoms with Gasteiger partial charge in [-0.1, -0.05) is 43.8 Å². The lowest BCUT2D eigenvalue weighted by Gasteiger charge is -2.13. The highest BCUT2D eigenvalue weighted by Crippen LogP contribution is 2.35. The summed E-state index contributed by atoms with van der Waals surface area (Å²) in [5.74, 6) is 0.0972. The van der Waals surface area contributed by atoms with Crippen LogP contribution in [0.2, 0.25) is 0 Å². The van der Waals surface area contributed by atoms with E-state index in [9.17, 15) is 19.2 Å². The molecular weight excluding hydrogens is 939 g/mol. The van der Waals surface area contributed by atoms with Crippen LogP contribution < -0.4 is 9.47 Å². The first-order valence-electron chi connectivity index (χ1n) is 25.2. The van der Waals surface area contributed by atoms with E-state index in [0.717, 1.165) is 111 Å². The second kappa shape index (κ2) is 30.8. The number of pyridine rings is 1. The molecule has 0 bridgehead atoms. The number of carbonyl (C=O) groups is 4. The fourth-order valence-corrected chi connectivity index (χ4v) is 7.60. The van der Waals surface area contributed by atoms with E-state index in [2.05, 4.69) is 18.2 Å². The van der Waals surface area contributed by atoms with Crippen molar-refractivity contribution in [3.05, 3.63) is 157 Å². The molecule has 6 rings (SSSR count). The fraction of sp³-hybridized carbons (Fsp3) is 0.317. The molecule has 0 amide bonds. The third-order valence-electron chi connectivity index (χ3n) is 11.7. The first kappa shape index (κ1) is 55.3. The molecule has 0 aliphatic rings. The van der Waals surface area contributed by atoms with Crippen molar-refractivity contribution in [3.8, 4) is 17.4 Å². The summed E-state index contributed by atoms with van der Waals surface area (Å²) in [4.78, 5) is 62.1. The number of aliphatic imine (C=N–C) groups is 2. The molecule has 0 saturated carbocycles. The van der Waals surface area contributed by atoms with Crippen LogP contribution in [0.1, 0.15) is 109 Å². The van der Waals surface area contributed by atoms with Gasteiger partial charge in [-0.05, 0) is 172 Å². The van der Waals surface area contributed by atoms with Crippen LogP contribution in [0.3, 0.4) is 0 Å². The molecule has 5 aromatic carbocycles. The van der Waals surface area contributed by atoms with Gasteiger partial charge in [0.25, 0.3) is 0 Å². The molecular formula is C60H65N3O11. The Labute approximate surface area is 433 Å². The Morgan fingerprint density at radius 1 is 0.473 bits per heavy atom. The molecule has 0 saturated heterocycles. The molecule has 1 heterocycles. The molecule has 0 fully saturated rings. The summed E-state index contributed by atoms with van der Waals surface area (Å²) in [6, 6.07) is 33.3. The predicted molar refractivity (Wildman–Crippen MR) is 289 cm³/mol. The van der Waals surface area contributed by atoms with Crippen LogP contribution in [0.4, 0.5) is 11.4 Å². The zero-order valence-electron chi connectivity index (χ0n) is 42.2. The molecule has 6 aromatic rings. The zero-order valence-corrected chi connectivity index (χ0v) is 42.2. The second-order valence-corrected chi connectivity index (χ2v) is 17.3. The highest BCUT2D eigenvalue weighted by atomic mass is 16.5. The molecule has 0 aliphatic heterocycles. The topological polar surface area (TPSA) is 170 Å². The number of rotatable bonds is 32. The van der Waals surface area contributed by atoms with Crippen LogP contribution in [-0.2, 0) is 33.3 Å². The van der Waals surface area contributed by atoms with E-state index in [4.69, 9.17) is 43.1 Å². The molecule has 0 N–H and O–H groups in total. The Balaban J connectivity index is 1.12. The molecule has 0 atom stereocenters. The minimum absolute atomic E-state index is 0.302. The molecule has 386 valence electrons. The third-order valence-corrected chi connectivity index (χ3v) is 11.7. The lowest BCUT2D eigenvalue weighted by atomic mass is 10.0. The average molecular weight is 1000 g/mol. The number of hydrogen-bond acceptors (Lipinski definition) is 14. The smallest absolute Gasteiger partial charge is 0.338 e. The summed E-state index contributed by atoms with van der Waals surface area (Å²) >= 11 is 0. The summed E-state index contributed by atoms with van der Waals surface area (Å²) in [5.41, 5.74) is 4.57. The van der Waals surface area contributed by atoms with E-state index in [0.29, 0.717) is 84.9 Å². The number of aromatic nitrogens is 1. The molecule has 74 heavy (non-hydrogen) atoms. The van der Waals surface area contributed by atoms with Crippen LogP contribution in [-0.4, -0.2) is 88.0 Å². The van der Waals surface area contributed by atoms with Gasteiger partial charge in [0, 0.05) is 49.1 Å². The van der Waals surface area contributed by atoms with Crippen LogP contribution in [0.5, 0.6) is 17.4 Å². The van der Waals surface area contributed by atoms with Gasteiger partial charge in [0.15, 0.2) is 0 Å². The van der Waals surface area contributed by atoms with Crippen molar-refractivity contribution in [2.45, 2.75) is 77.0 Å². The van der Waals surface area contributed by atoms with Crippen LogP contribution >= 0.6 is 0 Å². The third kappa shape index (κ3) is 18.6. The lowest BCUT2D eigenvalue weighted by Crippen LogP contribution is -2.06. The number of nitrogens with zero attached hydrogens (tertiary/aromatic N) is 3. The Bertz CT molecular complexity index is 2840. The number of methoxy groups -OCH3 is 1. The number of ether oxygens (including phenoxy) is 7. The van der Waals surface area contributed by atoms with Crippen LogP contribution in [0, 0.1) is 0 Å². The molecule has 0 spiro atoms. The van der Waals surface area contributed by atoms with Crippen molar-refractivity contribution >= 4 is 69.4 Å². The molecule has 0 unspecified atom stereocenters.